The highest BCUT2D eigenvalue weighted by atomic mass is 16.5. The van der Waals surface area contributed by atoms with Gasteiger partial charge in [0.15, 0.2) is 6.10 Å². The summed E-state index contributed by atoms with van der Waals surface area (Å²) >= 11 is 0. The number of likely N-dealkylation sites (tertiary alicyclic amines) is 1. The largest absolute Gasteiger partial charge is 0.494 e. The molecule has 4 rings (SSSR count). The number of fused-ring (bicyclic) bond motifs is 4. The second-order valence-electron chi connectivity index (χ2n) is 11.0. The number of likely N-dealkylation sites (N-methyl/N-ethyl adjacent to an activating group) is 1. The SMILES string of the molecule is C=C1C2=CC(C)CCCC(C)CCCOc3ccc(CN4CCCCC4)c(c3)CC(O2)C(=O)N1C. The fourth-order valence-corrected chi connectivity index (χ4v) is 5.54. The van der Waals surface area contributed by atoms with Crippen LogP contribution in [0.15, 0.2) is 42.3 Å². The normalized spacial score (nSPS) is 27.5. The standard InChI is InChI=1S/C30H44N2O3/c1-22-10-8-11-23(2)18-28-24(3)31(4)30(33)29(35-28)20-26-19-27(34-17-9-12-22)14-13-25(26)21-32-15-6-5-7-16-32/h13-14,18-19,22-23,29H,3,5-12,15-17,20-21H2,1-2,4H3. The van der Waals surface area contributed by atoms with Gasteiger partial charge in [0.1, 0.15) is 11.5 Å². The lowest BCUT2D eigenvalue weighted by atomic mass is 9.95. The molecule has 5 nitrogen and oxygen atoms in total. The maximum absolute atomic E-state index is 13.2. The summed E-state index contributed by atoms with van der Waals surface area (Å²) in [5.74, 6) is 2.71. The Hall–Kier alpha value is -2.27. The van der Waals surface area contributed by atoms with E-state index in [2.05, 4.69) is 49.6 Å². The van der Waals surface area contributed by atoms with Crippen LogP contribution >= 0.6 is 0 Å². The average Bonchev–Trinajstić information content (AvgIpc) is 2.85. The number of carbonyl (C=O) groups excluding carboxylic acids is 1. The number of hydrogen-bond donors (Lipinski definition) is 0. The molecule has 0 saturated carbocycles. The van der Waals surface area contributed by atoms with Crippen molar-refractivity contribution in [3.8, 4) is 5.75 Å². The van der Waals surface area contributed by atoms with Gasteiger partial charge in [0.05, 0.1) is 12.3 Å². The first kappa shape index (κ1) is 25.8. The summed E-state index contributed by atoms with van der Waals surface area (Å²) in [6, 6.07) is 6.45. The molecule has 192 valence electrons. The van der Waals surface area contributed by atoms with Gasteiger partial charge in [0.2, 0.25) is 0 Å². The van der Waals surface area contributed by atoms with E-state index in [-0.39, 0.29) is 5.91 Å². The quantitative estimate of drug-likeness (QED) is 0.514. The number of benzene rings is 1. The summed E-state index contributed by atoms with van der Waals surface area (Å²) in [5.41, 5.74) is 3.08. The zero-order valence-corrected chi connectivity index (χ0v) is 22.1. The number of morpholine rings is 1. The van der Waals surface area contributed by atoms with Crippen LogP contribution in [0.5, 0.6) is 5.75 Å². The van der Waals surface area contributed by atoms with E-state index in [0.717, 1.165) is 56.2 Å². The van der Waals surface area contributed by atoms with E-state index in [1.807, 2.05) is 7.05 Å². The topological polar surface area (TPSA) is 42.0 Å². The lowest BCUT2D eigenvalue weighted by molar-refractivity contribution is -0.141. The molecule has 0 aromatic heterocycles. The molecule has 0 N–H and O–H groups in total. The molecule has 4 bridgehead atoms. The number of allylic oxidation sites excluding steroid dienone is 1. The maximum Gasteiger partial charge on any atom is 0.268 e. The van der Waals surface area contributed by atoms with E-state index < -0.39 is 6.10 Å². The summed E-state index contributed by atoms with van der Waals surface area (Å²) in [6.07, 6.45) is 11.8. The molecule has 3 aliphatic heterocycles. The Morgan fingerprint density at radius 3 is 2.60 bits per heavy atom. The van der Waals surface area contributed by atoms with Crippen LogP contribution in [0.2, 0.25) is 0 Å². The molecule has 0 radical (unpaired) electrons. The third kappa shape index (κ3) is 6.91. The van der Waals surface area contributed by atoms with Gasteiger partial charge in [-0.05, 0) is 86.4 Å². The van der Waals surface area contributed by atoms with Crippen molar-refractivity contribution in [3.05, 3.63) is 53.4 Å². The molecule has 3 unspecified atom stereocenters. The van der Waals surface area contributed by atoms with Gasteiger partial charge in [-0.25, -0.2) is 0 Å². The molecule has 3 aliphatic rings. The highest BCUT2D eigenvalue weighted by molar-refractivity contribution is 5.84. The zero-order valence-electron chi connectivity index (χ0n) is 22.1. The Morgan fingerprint density at radius 2 is 1.80 bits per heavy atom. The van der Waals surface area contributed by atoms with Crippen molar-refractivity contribution in [2.75, 3.05) is 26.7 Å². The van der Waals surface area contributed by atoms with Crippen molar-refractivity contribution in [3.63, 3.8) is 0 Å². The van der Waals surface area contributed by atoms with Crippen LogP contribution in [0.3, 0.4) is 0 Å². The molecule has 2 saturated heterocycles. The zero-order chi connectivity index (χ0) is 24.8. The minimum absolute atomic E-state index is 0.0261. The smallest absolute Gasteiger partial charge is 0.268 e. The lowest BCUT2D eigenvalue weighted by Gasteiger charge is -2.34. The Bertz CT molecular complexity index is 918. The molecule has 0 aliphatic carbocycles. The van der Waals surface area contributed by atoms with Gasteiger partial charge in [-0.3, -0.25) is 9.69 Å². The van der Waals surface area contributed by atoms with E-state index in [4.69, 9.17) is 9.47 Å². The summed E-state index contributed by atoms with van der Waals surface area (Å²) in [5, 5.41) is 0. The van der Waals surface area contributed by atoms with Crippen LogP contribution in [0.1, 0.15) is 76.3 Å². The average molecular weight is 481 g/mol. The van der Waals surface area contributed by atoms with E-state index in [0.29, 0.717) is 24.0 Å². The summed E-state index contributed by atoms with van der Waals surface area (Å²) < 4.78 is 12.5. The summed E-state index contributed by atoms with van der Waals surface area (Å²) in [6.45, 7) is 12.7. The molecule has 3 heterocycles. The Morgan fingerprint density at radius 1 is 1.03 bits per heavy atom. The van der Waals surface area contributed by atoms with Gasteiger partial charge >= 0.3 is 0 Å². The number of piperidine rings is 1. The molecular weight excluding hydrogens is 436 g/mol. The van der Waals surface area contributed by atoms with Crippen LogP contribution < -0.4 is 4.74 Å². The van der Waals surface area contributed by atoms with E-state index >= 15 is 0 Å². The molecule has 35 heavy (non-hydrogen) atoms. The number of amides is 1. The van der Waals surface area contributed by atoms with E-state index in [9.17, 15) is 4.79 Å². The minimum atomic E-state index is -0.546. The van der Waals surface area contributed by atoms with Gasteiger partial charge < -0.3 is 14.4 Å². The first-order valence-electron chi connectivity index (χ1n) is 13.7. The molecule has 1 aromatic rings. The molecule has 2 fully saturated rings. The third-order valence-corrected chi connectivity index (χ3v) is 7.89. The first-order chi connectivity index (χ1) is 16.9. The fraction of sp³-hybridized carbons (Fsp3) is 0.633. The predicted octanol–water partition coefficient (Wildman–Crippen LogP) is 6.08. The Labute approximate surface area is 212 Å². The Kier molecular flexibility index (Phi) is 8.94. The minimum Gasteiger partial charge on any atom is -0.494 e. The first-order valence-corrected chi connectivity index (χ1v) is 13.7. The van der Waals surface area contributed by atoms with Crippen LogP contribution in [-0.2, 0) is 22.5 Å². The van der Waals surface area contributed by atoms with Crippen molar-refractivity contribution in [2.45, 2.75) is 84.3 Å². The number of rotatable bonds is 2. The van der Waals surface area contributed by atoms with Gasteiger partial charge in [0, 0.05) is 20.0 Å². The lowest BCUT2D eigenvalue weighted by Crippen LogP contribution is -2.44. The number of ether oxygens (including phenoxy) is 2. The predicted molar refractivity (Wildman–Crippen MR) is 141 cm³/mol. The second kappa shape index (κ2) is 12.1. The van der Waals surface area contributed by atoms with E-state index in [1.54, 1.807) is 4.90 Å². The van der Waals surface area contributed by atoms with Crippen LogP contribution in [0.25, 0.3) is 0 Å². The van der Waals surface area contributed by atoms with E-state index in [1.165, 1.54) is 44.1 Å². The molecular formula is C30H44N2O3. The van der Waals surface area contributed by atoms with Crippen molar-refractivity contribution in [2.24, 2.45) is 11.8 Å². The third-order valence-electron chi connectivity index (χ3n) is 7.89. The molecule has 1 amide bonds. The van der Waals surface area contributed by atoms with Crippen LogP contribution in [0.4, 0.5) is 0 Å². The summed E-state index contributed by atoms with van der Waals surface area (Å²) in [7, 11) is 1.82. The van der Waals surface area contributed by atoms with Gasteiger partial charge in [-0.2, -0.15) is 0 Å². The van der Waals surface area contributed by atoms with Gasteiger partial charge in [0.25, 0.3) is 5.91 Å². The molecule has 3 atom stereocenters. The fourth-order valence-electron chi connectivity index (χ4n) is 5.54. The van der Waals surface area contributed by atoms with Crippen molar-refractivity contribution >= 4 is 5.91 Å². The number of carbonyl (C=O) groups is 1. The monoisotopic (exact) mass is 480 g/mol. The maximum atomic E-state index is 13.2. The summed E-state index contributed by atoms with van der Waals surface area (Å²) in [4.78, 5) is 17.4. The number of nitrogens with zero attached hydrogens (tertiary/aromatic N) is 2. The molecule has 1 aromatic carbocycles. The van der Waals surface area contributed by atoms with Crippen LogP contribution in [-0.4, -0.2) is 48.6 Å². The van der Waals surface area contributed by atoms with Gasteiger partial charge in [-0.1, -0.05) is 45.8 Å². The van der Waals surface area contributed by atoms with Crippen molar-refractivity contribution < 1.29 is 14.3 Å². The van der Waals surface area contributed by atoms with Crippen molar-refractivity contribution in [1.82, 2.24) is 9.80 Å². The highest BCUT2D eigenvalue weighted by Crippen LogP contribution is 2.30. The molecule has 5 heteroatoms. The van der Waals surface area contributed by atoms with Crippen molar-refractivity contribution in [1.29, 1.82) is 0 Å². The van der Waals surface area contributed by atoms with Gasteiger partial charge in [-0.15, -0.1) is 0 Å². The Balaban J connectivity index is 1.62. The number of hydrogen-bond acceptors (Lipinski definition) is 4. The highest BCUT2D eigenvalue weighted by Gasteiger charge is 2.34. The molecule has 0 spiro atoms. The van der Waals surface area contributed by atoms with Crippen LogP contribution in [0, 0.1) is 11.8 Å². The second-order valence-corrected chi connectivity index (χ2v) is 11.0.